The second kappa shape index (κ2) is 8.13. The first kappa shape index (κ1) is 19.9. The molecule has 0 radical (unpaired) electrons. The maximum atomic E-state index is 13.0. The number of hydrogen-bond acceptors (Lipinski definition) is 5. The van der Waals surface area contributed by atoms with Crippen LogP contribution in [0.3, 0.4) is 0 Å². The van der Waals surface area contributed by atoms with E-state index in [0.29, 0.717) is 23.9 Å². The van der Waals surface area contributed by atoms with Gasteiger partial charge in [0.1, 0.15) is 0 Å². The Hall–Kier alpha value is -2.44. The van der Waals surface area contributed by atoms with Gasteiger partial charge >= 0.3 is 5.97 Å². The topological polar surface area (TPSA) is 54.8 Å². The van der Waals surface area contributed by atoms with Gasteiger partial charge in [0.2, 0.25) is 0 Å². The number of rotatable bonds is 5. The summed E-state index contributed by atoms with van der Waals surface area (Å²) >= 11 is 0. The van der Waals surface area contributed by atoms with E-state index in [1.165, 1.54) is 12.8 Å². The van der Waals surface area contributed by atoms with Gasteiger partial charge in [0.05, 0.1) is 12.7 Å². The van der Waals surface area contributed by atoms with Crippen LogP contribution in [0.15, 0.2) is 41.2 Å². The summed E-state index contributed by atoms with van der Waals surface area (Å²) in [5.41, 5.74) is 3.92. The number of carbonyl (C=O) groups excluding carboxylic acids is 1. The van der Waals surface area contributed by atoms with Crippen molar-refractivity contribution in [1.82, 2.24) is 14.4 Å². The molecule has 0 N–H and O–H groups in total. The molecule has 6 nitrogen and oxygen atoms in total. The average Bonchev–Trinajstić information content (AvgIpc) is 2.69. The molecule has 0 amide bonds. The number of piperidine rings is 1. The van der Waals surface area contributed by atoms with Gasteiger partial charge < -0.3 is 14.2 Å². The second-order valence-corrected chi connectivity index (χ2v) is 8.62. The zero-order valence-corrected chi connectivity index (χ0v) is 17.4. The SMILES string of the molecule is COC(=O)c1cccc(CN2C[C@@H]3C[C@H](C2)c2ccc(CN(C)C)c(=O)n2C3)c1. The number of nitrogens with zero attached hydrogens (tertiary/aromatic N) is 3. The minimum absolute atomic E-state index is 0.171. The molecular weight excluding hydrogens is 366 g/mol. The summed E-state index contributed by atoms with van der Waals surface area (Å²) in [7, 11) is 5.39. The van der Waals surface area contributed by atoms with Crippen molar-refractivity contribution in [2.24, 2.45) is 5.92 Å². The number of benzene rings is 1. The number of pyridine rings is 1. The van der Waals surface area contributed by atoms with E-state index in [-0.39, 0.29) is 11.5 Å². The highest BCUT2D eigenvalue weighted by Gasteiger charge is 2.34. The maximum absolute atomic E-state index is 13.0. The molecule has 4 rings (SSSR count). The normalized spacial score (nSPS) is 21.1. The van der Waals surface area contributed by atoms with E-state index in [4.69, 9.17) is 4.74 Å². The molecule has 1 aromatic carbocycles. The summed E-state index contributed by atoms with van der Waals surface area (Å²) in [4.78, 5) is 29.3. The first-order valence-corrected chi connectivity index (χ1v) is 10.2. The van der Waals surface area contributed by atoms with Crippen LogP contribution in [0.2, 0.25) is 0 Å². The molecule has 2 atom stereocenters. The number of esters is 1. The van der Waals surface area contributed by atoms with E-state index in [1.807, 2.05) is 41.8 Å². The Balaban J connectivity index is 1.53. The standard InChI is InChI=1S/C23H29N3O3/c1-24(2)14-19-7-8-21-20-10-17(13-26(21)22(19)27)12-25(15-20)11-16-5-4-6-18(9-16)23(28)29-3/h4-9,17,20H,10-15H2,1-3H3/t17-,20+/m0/s1. The fourth-order valence-corrected chi connectivity index (χ4v) is 4.85. The molecular formula is C23H29N3O3. The summed E-state index contributed by atoms with van der Waals surface area (Å²) in [6.45, 7) is 4.19. The van der Waals surface area contributed by atoms with Gasteiger partial charge in [-0.05, 0) is 50.2 Å². The highest BCUT2D eigenvalue weighted by Crippen LogP contribution is 2.35. The van der Waals surface area contributed by atoms with Crippen LogP contribution in [-0.2, 0) is 24.4 Å². The number of aromatic nitrogens is 1. The summed E-state index contributed by atoms with van der Waals surface area (Å²) in [6.07, 6.45) is 1.14. The maximum Gasteiger partial charge on any atom is 0.337 e. The lowest BCUT2D eigenvalue weighted by Crippen LogP contribution is -2.47. The van der Waals surface area contributed by atoms with Crippen LogP contribution in [0.25, 0.3) is 0 Å². The molecule has 3 heterocycles. The Morgan fingerprint density at radius 3 is 2.76 bits per heavy atom. The minimum Gasteiger partial charge on any atom is -0.465 e. The molecule has 2 bridgehead atoms. The van der Waals surface area contributed by atoms with Crippen molar-refractivity contribution < 1.29 is 9.53 Å². The minimum atomic E-state index is -0.302. The molecule has 2 aliphatic heterocycles. The molecule has 2 aliphatic rings. The van der Waals surface area contributed by atoms with E-state index in [2.05, 4.69) is 17.0 Å². The Morgan fingerprint density at radius 2 is 2.00 bits per heavy atom. The van der Waals surface area contributed by atoms with Crippen molar-refractivity contribution in [3.05, 3.63) is 69.1 Å². The van der Waals surface area contributed by atoms with E-state index < -0.39 is 0 Å². The van der Waals surface area contributed by atoms with E-state index in [0.717, 1.165) is 43.7 Å². The first-order valence-electron chi connectivity index (χ1n) is 10.2. The van der Waals surface area contributed by atoms with Gasteiger partial charge in [0, 0.05) is 49.9 Å². The summed E-state index contributed by atoms with van der Waals surface area (Å²) in [5, 5.41) is 0. The number of ether oxygens (including phenoxy) is 1. The van der Waals surface area contributed by atoms with Crippen molar-refractivity contribution in [1.29, 1.82) is 0 Å². The molecule has 1 fully saturated rings. The van der Waals surface area contributed by atoms with E-state index in [9.17, 15) is 9.59 Å². The Labute approximate surface area is 171 Å². The quantitative estimate of drug-likeness (QED) is 0.728. The van der Waals surface area contributed by atoms with Crippen molar-refractivity contribution in [3.8, 4) is 0 Å². The smallest absolute Gasteiger partial charge is 0.337 e. The zero-order chi connectivity index (χ0) is 20.5. The van der Waals surface area contributed by atoms with Gasteiger partial charge in [-0.25, -0.2) is 4.79 Å². The van der Waals surface area contributed by atoms with Crippen LogP contribution in [0.5, 0.6) is 0 Å². The zero-order valence-electron chi connectivity index (χ0n) is 17.4. The fraction of sp³-hybridized carbons (Fsp3) is 0.478. The highest BCUT2D eigenvalue weighted by molar-refractivity contribution is 5.89. The van der Waals surface area contributed by atoms with Gasteiger partial charge in [-0.2, -0.15) is 0 Å². The lowest BCUT2D eigenvalue weighted by molar-refractivity contribution is 0.0600. The monoisotopic (exact) mass is 395 g/mol. The number of likely N-dealkylation sites (tertiary alicyclic amines) is 1. The van der Waals surface area contributed by atoms with Crippen molar-refractivity contribution in [2.75, 3.05) is 34.3 Å². The van der Waals surface area contributed by atoms with Crippen molar-refractivity contribution in [2.45, 2.75) is 32.0 Å². The van der Waals surface area contributed by atoms with Crippen LogP contribution in [0.1, 0.15) is 39.5 Å². The van der Waals surface area contributed by atoms with E-state index in [1.54, 1.807) is 6.07 Å². The third-order valence-electron chi connectivity index (χ3n) is 6.00. The third-order valence-corrected chi connectivity index (χ3v) is 6.00. The Kier molecular flexibility index (Phi) is 5.56. The molecule has 6 heteroatoms. The molecule has 0 unspecified atom stereocenters. The lowest BCUT2D eigenvalue weighted by Gasteiger charge is -2.43. The van der Waals surface area contributed by atoms with Crippen LogP contribution in [0.4, 0.5) is 0 Å². The van der Waals surface area contributed by atoms with Crippen LogP contribution >= 0.6 is 0 Å². The number of methoxy groups -OCH3 is 1. The van der Waals surface area contributed by atoms with Gasteiger partial charge in [-0.1, -0.05) is 18.2 Å². The predicted octanol–water partition coefficient (Wildman–Crippen LogP) is 2.32. The van der Waals surface area contributed by atoms with E-state index >= 15 is 0 Å². The first-order chi connectivity index (χ1) is 13.9. The van der Waals surface area contributed by atoms with Crippen molar-refractivity contribution >= 4 is 5.97 Å². The second-order valence-electron chi connectivity index (χ2n) is 8.62. The summed E-state index contributed by atoms with van der Waals surface area (Å²) in [6, 6.07) is 11.8. The molecule has 29 heavy (non-hydrogen) atoms. The summed E-state index contributed by atoms with van der Waals surface area (Å²) in [5.74, 6) is 0.564. The highest BCUT2D eigenvalue weighted by atomic mass is 16.5. The van der Waals surface area contributed by atoms with Gasteiger partial charge in [0.15, 0.2) is 0 Å². The third kappa shape index (κ3) is 4.14. The average molecular weight is 396 g/mol. The Bertz CT molecular complexity index is 966. The molecule has 1 aromatic heterocycles. The molecule has 0 spiro atoms. The van der Waals surface area contributed by atoms with Crippen LogP contribution in [0, 0.1) is 5.92 Å². The molecule has 154 valence electrons. The Morgan fingerprint density at radius 1 is 1.17 bits per heavy atom. The van der Waals surface area contributed by atoms with Crippen molar-refractivity contribution in [3.63, 3.8) is 0 Å². The van der Waals surface area contributed by atoms with Gasteiger partial charge in [-0.15, -0.1) is 0 Å². The molecule has 0 aliphatic carbocycles. The number of fused-ring (bicyclic) bond motifs is 4. The molecule has 2 aromatic rings. The number of carbonyl (C=O) groups is 1. The van der Waals surface area contributed by atoms with Crippen LogP contribution < -0.4 is 5.56 Å². The van der Waals surface area contributed by atoms with Gasteiger partial charge in [-0.3, -0.25) is 9.69 Å². The van der Waals surface area contributed by atoms with Crippen LogP contribution in [-0.4, -0.2) is 54.6 Å². The lowest BCUT2D eigenvalue weighted by atomic mass is 9.82. The van der Waals surface area contributed by atoms with Gasteiger partial charge in [0.25, 0.3) is 5.56 Å². The number of hydrogen-bond donors (Lipinski definition) is 0. The molecule has 1 saturated heterocycles. The molecule has 0 saturated carbocycles. The summed E-state index contributed by atoms with van der Waals surface area (Å²) < 4.78 is 6.86. The largest absolute Gasteiger partial charge is 0.465 e. The predicted molar refractivity (Wildman–Crippen MR) is 112 cm³/mol. The fourth-order valence-electron chi connectivity index (χ4n) is 4.85.